The highest BCUT2D eigenvalue weighted by molar-refractivity contribution is 6.40. The zero-order valence-corrected chi connectivity index (χ0v) is 15.0. The van der Waals surface area contributed by atoms with E-state index in [0.29, 0.717) is 11.2 Å². The molecule has 128 valence electrons. The summed E-state index contributed by atoms with van der Waals surface area (Å²) in [5, 5.41) is 3.79. The maximum Gasteiger partial charge on any atom is 0.321 e. The molecule has 0 saturated carbocycles. The molecule has 0 bridgehead atoms. The van der Waals surface area contributed by atoms with Gasteiger partial charge in [-0.2, -0.15) is 0 Å². The Labute approximate surface area is 154 Å². The lowest BCUT2D eigenvalue weighted by Gasteiger charge is -2.14. The Morgan fingerprint density at radius 2 is 1.84 bits per heavy atom. The Kier molecular flexibility index (Phi) is 4.65. The van der Waals surface area contributed by atoms with E-state index in [9.17, 15) is 9.59 Å². The largest absolute Gasteiger partial charge is 0.331 e. The average molecular weight is 377 g/mol. The van der Waals surface area contributed by atoms with E-state index in [4.69, 9.17) is 23.2 Å². The third-order valence-corrected chi connectivity index (χ3v) is 4.22. The minimum atomic E-state index is -0.360. The molecule has 3 aromatic rings. The van der Waals surface area contributed by atoms with Crippen molar-refractivity contribution < 1.29 is 9.59 Å². The molecule has 3 rings (SSSR count). The summed E-state index contributed by atoms with van der Waals surface area (Å²) < 4.78 is 1.46. The van der Waals surface area contributed by atoms with E-state index in [2.05, 4.69) is 10.3 Å². The van der Waals surface area contributed by atoms with Gasteiger partial charge in [-0.25, -0.2) is 4.79 Å². The molecule has 1 aromatic carbocycles. The van der Waals surface area contributed by atoms with Crippen LogP contribution in [0.5, 0.6) is 0 Å². The van der Waals surface area contributed by atoms with Crippen LogP contribution in [0.25, 0.3) is 10.9 Å². The smallest absolute Gasteiger partial charge is 0.321 e. The van der Waals surface area contributed by atoms with Crippen LogP contribution >= 0.6 is 23.2 Å². The van der Waals surface area contributed by atoms with E-state index < -0.39 is 0 Å². The van der Waals surface area contributed by atoms with E-state index >= 15 is 0 Å². The van der Waals surface area contributed by atoms with Gasteiger partial charge in [-0.05, 0) is 24.3 Å². The summed E-state index contributed by atoms with van der Waals surface area (Å²) in [7, 11) is 3.23. The van der Waals surface area contributed by atoms with E-state index in [1.807, 2.05) is 0 Å². The molecule has 2 heterocycles. The molecule has 0 atom stereocenters. The Morgan fingerprint density at radius 3 is 2.48 bits per heavy atom. The maximum absolute atomic E-state index is 12.9. The Morgan fingerprint density at radius 1 is 1.16 bits per heavy atom. The van der Waals surface area contributed by atoms with Crippen LogP contribution < -0.4 is 5.32 Å². The highest BCUT2D eigenvalue weighted by atomic mass is 35.5. The summed E-state index contributed by atoms with van der Waals surface area (Å²) in [5.41, 5.74) is 1.28. The first-order chi connectivity index (χ1) is 11.9. The first kappa shape index (κ1) is 17.3. The molecule has 0 aliphatic rings. The third-order valence-electron chi connectivity index (χ3n) is 3.62. The first-order valence-electron chi connectivity index (χ1n) is 7.31. The molecule has 0 spiro atoms. The number of hydrogen-bond donors (Lipinski definition) is 1. The van der Waals surface area contributed by atoms with Crippen LogP contribution in [0.2, 0.25) is 10.0 Å². The van der Waals surface area contributed by atoms with Gasteiger partial charge in [0.15, 0.2) is 0 Å². The van der Waals surface area contributed by atoms with Crippen molar-refractivity contribution in [1.29, 1.82) is 0 Å². The van der Waals surface area contributed by atoms with Gasteiger partial charge in [0, 0.05) is 43.8 Å². The number of anilines is 1. The Bertz CT molecular complexity index is 959. The molecule has 6 nitrogen and oxygen atoms in total. The molecule has 0 radical (unpaired) electrons. The van der Waals surface area contributed by atoms with Gasteiger partial charge in [0.05, 0.1) is 21.1 Å². The van der Waals surface area contributed by atoms with Gasteiger partial charge in [-0.15, -0.1) is 0 Å². The van der Waals surface area contributed by atoms with Crippen molar-refractivity contribution in [2.75, 3.05) is 19.4 Å². The van der Waals surface area contributed by atoms with Gasteiger partial charge < -0.3 is 10.2 Å². The van der Waals surface area contributed by atoms with E-state index in [-0.39, 0.29) is 27.5 Å². The molecule has 0 aliphatic carbocycles. The fourth-order valence-corrected chi connectivity index (χ4v) is 3.01. The van der Waals surface area contributed by atoms with Crippen molar-refractivity contribution in [3.8, 4) is 0 Å². The molecule has 0 fully saturated rings. The van der Waals surface area contributed by atoms with Gasteiger partial charge >= 0.3 is 6.03 Å². The summed E-state index contributed by atoms with van der Waals surface area (Å²) in [5.74, 6) is -0.360. The van der Waals surface area contributed by atoms with Gasteiger partial charge in [-0.1, -0.05) is 23.2 Å². The monoisotopic (exact) mass is 376 g/mol. The molecule has 0 aliphatic heterocycles. The SMILES string of the molecule is CN(C)C(=O)Nc1cc(Cl)c(C(=O)n2ccc3cnccc32)c(Cl)c1. The molecule has 1 N–H and O–H groups in total. The highest BCUT2D eigenvalue weighted by Gasteiger charge is 2.20. The lowest BCUT2D eigenvalue weighted by atomic mass is 10.2. The topological polar surface area (TPSA) is 67.2 Å². The summed E-state index contributed by atoms with van der Waals surface area (Å²) in [6.45, 7) is 0. The zero-order valence-electron chi connectivity index (χ0n) is 13.5. The third kappa shape index (κ3) is 3.31. The predicted molar refractivity (Wildman–Crippen MR) is 98.6 cm³/mol. The van der Waals surface area contributed by atoms with Gasteiger partial charge in [0.25, 0.3) is 5.91 Å². The second-order valence-electron chi connectivity index (χ2n) is 5.56. The number of benzene rings is 1. The Balaban J connectivity index is 2.00. The summed E-state index contributed by atoms with van der Waals surface area (Å²) >= 11 is 12.5. The summed E-state index contributed by atoms with van der Waals surface area (Å²) in [4.78, 5) is 30.0. The molecular weight excluding hydrogens is 363 g/mol. The number of fused-ring (bicyclic) bond motifs is 1. The van der Waals surface area contributed by atoms with Crippen molar-refractivity contribution in [2.45, 2.75) is 0 Å². The number of halogens is 2. The quantitative estimate of drug-likeness (QED) is 0.731. The number of hydrogen-bond acceptors (Lipinski definition) is 3. The first-order valence-corrected chi connectivity index (χ1v) is 8.07. The van der Waals surface area contributed by atoms with Crippen LogP contribution in [0.1, 0.15) is 10.4 Å². The molecule has 25 heavy (non-hydrogen) atoms. The summed E-state index contributed by atoms with van der Waals surface area (Å²) in [6.07, 6.45) is 4.92. The number of nitrogens with one attached hydrogen (secondary N) is 1. The number of carbonyl (C=O) groups excluding carboxylic acids is 2. The number of aromatic nitrogens is 2. The van der Waals surface area contributed by atoms with Crippen molar-refractivity contribution in [1.82, 2.24) is 14.5 Å². The van der Waals surface area contributed by atoms with Gasteiger partial charge in [0.2, 0.25) is 0 Å². The second kappa shape index (κ2) is 6.74. The molecule has 0 unspecified atom stereocenters. The minimum absolute atomic E-state index is 0.155. The van der Waals surface area contributed by atoms with Crippen LogP contribution in [0.3, 0.4) is 0 Å². The number of pyridine rings is 1. The number of carbonyl (C=O) groups is 2. The standard InChI is InChI=1S/C17H14Cl2N4O2/c1-22(2)17(25)21-11-7-12(18)15(13(19)8-11)16(24)23-6-4-10-9-20-5-3-14(10)23/h3-9H,1-2H3,(H,21,25). The van der Waals surface area contributed by atoms with Crippen LogP contribution in [0, 0.1) is 0 Å². The zero-order chi connectivity index (χ0) is 18.1. The normalized spacial score (nSPS) is 10.7. The minimum Gasteiger partial charge on any atom is -0.331 e. The Hall–Kier alpha value is -2.57. The number of nitrogens with zero attached hydrogens (tertiary/aromatic N) is 3. The number of amides is 2. The van der Waals surface area contributed by atoms with Crippen LogP contribution in [0.15, 0.2) is 42.9 Å². The fourth-order valence-electron chi connectivity index (χ4n) is 2.36. The van der Waals surface area contributed by atoms with Crippen molar-refractivity contribution >= 4 is 51.7 Å². The number of urea groups is 1. The summed E-state index contributed by atoms with van der Waals surface area (Å²) in [6, 6.07) is 6.19. The lowest BCUT2D eigenvalue weighted by molar-refractivity contribution is 0.0965. The second-order valence-corrected chi connectivity index (χ2v) is 6.38. The maximum atomic E-state index is 12.9. The fraction of sp³-hybridized carbons (Fsp3) is 0.118. The van der Waals surface area contributed by atoms with E-state index in [1.165, 1.54) is 21.6 Å². The van der Waals surface area contributed by atoms with Gasteiger partial charge in [-0.3, -0.25) is 14.3 Å². The average Bonchev–Trinajstić information content (AvgIpc) is 2.98. The lowest BCUT2D eigenvalue weighted by Crippen LogP contribution is -2.27. The molecule has 2 aromatic heterocycles. The molecule has 0 saturated heterocycles. The number of rotatable bonds is 2. The highest BCUT2D eigenvalue weighted by Crippen LogP contribution is 2.31. The predicted octanol–water partition coefficient (Wildman–Crippen LogP) is 4.13. The molecule has 2 amide bonds. The van der Waals surface area contributed by atoms with Crippen molar-refractivity contribution in [3.05, 3.63) is 58.5 Å². The van der Waals surface area contributed by atoms with Gasteiger partial charge in [0.1, 0.15) is 0 Å². The molecular formula is C17H14Cl2N4O2. The van der Waals surface area contributed by atoms with E-state index in [0.717, 1.165) is 5.39 Å². The van der Waals surface area contributed by atoms with Crippen molar-refractivity contribution in [2.24, 2.45) is 0 Å². The van der Waals surface area contributed by atoms with Crippen LogP contribution in [-0.4, -0.2) is 40.5 Å². The molecule has 8 heteroatoms. The van der Waals surface area contributed by atoms with E-state index in [1.54, 1.807) is 44.8 Å². The van der Waals surface area contributed by atoms with Crippen LogP contribution in [-0.2, 0) is 0 Å². The van der Waals surface area contributed by atoms with Crippen LogP contribution in [0.4, 0.5) is 10.5 Å². The van der Waals surface area contributed by atoms with Crippen molar-refractivity contribution in [3.63, 3.8) is 0 Å².